The lowest BCUT2D eigenvalue weighted by Crippen LogP contribution is -2.86. The Hall–Kier alpha value is -0.570. The molecule has 0 amide bonds. The van der Waals surface area contributed by atoms with E-state index in [1.165, 1.54) is 13.1 Å². The molecule has 88 valence electrons. The molecule has 0 unspecified atom stereocenters. The van der Waals surface area contributed by atoms with E-state index in [4.69, 9.17) is 4.74 Å². The molecule has 1 aliphatic heterocycles. The molecule has 3 heteroatoms. The zero-order valence-electron chi connectivity index (χ0n) is 10.2. The molecule has 2 N–H and O–H groups in total. The van der Waals surface area contributed by atoms with Crippen molar-refractivity contribution in [1.82, 2.24) is 0 Å². The normalized spacial score (nSPS) is 18.9. The van der Waals surface area contributed by atoms with Crippen LogP contribution in [-0.2, 0) is 9.53 Å². The van der Waals surface area contributed by atoms with Gasteiger partial charge in [-0.05, 0) is 20.3 Å². The van der Waals surface area contributed by atoms with Crippen LogP contribution >= 0.6 is 0 Å². The van der Waals surface area contributed by atoms with Crippen molar-refractivity contribution in [2.75, 3.05) is 13.1 Å². The summed E-state index contributed by atoms with van der Waals surface area (Å²) in [6, 6.07) is 0. The smallest absolute Gasteiger partial charge is 0.306 e. The second kappa shape index (κ2) is 5.50. The molecule has 0 aliphatic carbocycles. The molecule has 0 aromatic heterocycles. The molecule has 0 radical (unpaired) electrons. The SMILES string of the molecule is CCCC(=O)OC(C)(C)C1CC[NH2+]CC1. The van der Waals surface area contributed by atoms with Crippen LogP contribution in [0.15, 0.2) is 0 Å². The molecule has 1 aliphatic rings. The molecular weight excluding hydrogens is 190 g/mol. The number of nitrogens with two attached hydrogens (primary N) is 1. The van der Waals surface area contributed by atoms with Crippen LogP contribution in [0.25, 0.3) is 0 Å². The molecule has 1 rings (SSSR count). The highest BCUT2D eigenvalue weighted by Crippen LogP contribution is 2.28. The van der Waals surface area contributed by atoms with Crippen LogP contribution in [0, 0.1) is 5.92 Å². The van der Waals surface area contributed by atoms with Gasteiger partial charge in [0.15, 0.2) is 0 Å². The Kier molecular flexibility index (Phi) is 4.58. The molecule has 0 spiro atoms. The van der Waals surface area contributed by atoms with Crippen LogP contribution in [0.3, 0.4) is 0 Å². The molecular formula is C12H24NO2+. The number of hydrogen-bond donors (Lipinski definition) is 1. The lowest BCUT2D eigenvalue weighted by Gasteiger charge is -2.35. The Labute approximate surface area is 92.6 Å². The average Bonchev–Trinajstić information content (AvgIpc) is 2.18. The van der Waals surface area contributed by atoms with Gasteiger partial charge in [-0.15, -0.1) is 0 Å². The monoisotopic (exact) mass is 214 g/mol. The highest BCUT2D eigenvalue weighted by atomic mass is 16.6. The van der Waals surface area contributed by atoms with E-state index in [9.17, 15) is 4.79 Å². The van der Waals surface area contributed by atoms with Gasteiger partial charge in [0, 0.05) is 25.2 Å². The van der Waals surface area contributed by atoms with E-state index in [1.54, 1.807) is 0 Å². The van der Waals surface area contributed by atoms with E-state index in [1.807, 2.05) is 6.92 Å². The van der Waals surface area contributed by atoms with E-state index in [0.717, 1.165) is 19.3 Å². The molecule has 0 atom stereocenters. The quantitative estimate of drug-likeness (QED) is 0.712. The minimum Gasteiger partial charge on any atom is -0.459 e. The fraction of sp³-hybridized carbons (Fsp3) is 0.917. The second-order valence-electron chi connectivity index (χ2n) is 4.97. The number of piperidine rings is 1. The van der Waals surface area contributed by atoms with Gasteiger partial charge >= 0.3 is 5.97 Å². The van der Waals surface area contributed by atoms with Crippen LogP contribution in [0.4, 0.5) is 0 Å². The molecule has 1 fully saturated rings. The number of carbonyl (C=O) groups excluding carboxylic acids is 1. The molecule has 15 heavy (non-hydrogen) atoms. The zero-order valence-corrected chi connectivity index (χ0v) is 10.2. The average molecular weight is 214 g/mol. The van der Waals surface area contributed by atoms with E-state index >= 15 is 0 Å². The van der Waals surface area contributed by atoms with Gasteiger partial charge in [0.1, 0.15) is 5.60 Å². The summed E-state index contributed by atoms with van der Waals surface area (Å²) in [6.07, 6.45) is 3.73. The number of rotatable bonds is 4. The zero-order chi connectivity index (χ0) is 11.3. The predicted molar refractivity (Wildman–Crippen MR) is 59.5 cm³/mol. The number of esters is 1. The minimum absolute atomic E-state index is 0.0444. The lowest BCUT2D eigenvalue weighted by molar-refractivity contribution is -0.665. The fourth-order valence-electron chi connectivity index (χ4n) is 2.25. The summed E-state index contributed by atoms with van der Waals surface area (Å²) in [5, 5.41) is 2.33. The predicted octanol–water partition coefficient (Wildman–Crippen LogP) is 1.08. The van der Waals surface area contributed by atoms with Crippen LogP contribution in [0.1, 0.15) is 46.5 Å². The van der Waals surface area contributed by atoms with Crippen molar-refractivity contribution in [2.24, 2.45) is 5.92 Å². The van der Waals surface area contributed by atoms with E-state index in [2.05, 4.69) is 19.2 Å². The molecule has 0 aromatic rings. The molecule has 1 saturated heterocycles. The van der Waals surface area contributed by atoms with Gasteiger partial charge in [-0.1, -0.05) is 6.92 Å². The van der Waals surface area contributed by atoms with Gasteiger partial charge < -0.3 is 10.1 Å². The summed E-state index contributed by atoms with van der Waals surface area (Å²) in [7, 11) is 0. The third-order valence-electron chi connectivity index (χ3n) is 3.25. The van der Waals surface area contributed by atoms with Crippen molar-refractivity contribution >= 4 is 5.97 Å². The molecule has 0 saturated carbocycles. The second-order valence-corrected chi connectivity index (χ2v) is 4.97. The standard InChI is InChI=1S/C12H23NO2/c1-4-5-11(14)15-12(2,3)10-6-8-13-9-7-10/h10,13H,4-9H2,1-3H3/p+1. The van der Waals surface area contributed by atoms with E-state index in [-0.39, 0.29) is 11.6 Å². The van der Waals surface area contributed by atoms with Crippen molar-refractivity contribution in [1.29, 1.82) is 0 Å². The summed E-state index contributed by atoms with van der Waals surface area (Å²) in [4.78, 5) is 11.5. The molecule has 1 heterocycles. The Morgan fingerprint density at radius 3 is 2.53 bits per heavy atom. The summed E-state index contributed by atoms with van der Waals surface area (Å²) >= 11 is 0. The molecule has 0 bridgehead atoms. The Morgan fingerprint density at radius 2 is 2.00 bits per heavy atom. The van der Waals surface area contributed by atoms with Crippen molar-refractivity contribution in [2.45, 2.75) is 52.1 Å². The third-order valence-corrected chi connectivity index (χ3v) is 3.25. The number of ether oxygens (including phenoxy) is 1. The fourth-order valence-corrected chi connectivity index (χ4v) is 2.25. The largest absolute Gasteiger partial charge is 0.459 e. The van der Waals surface area contributed by atoms with Crippen LogP contribution < -0.4 is 5.32 Å². The van der Waals surface area contributed by atoms with Crippen LogP contribution in [0.5, 0.6) is 0 Å². The van der Waals surface area contributed by atoms with Gasteiger partial charge in [0.2, 0.25) is 0 Å². The van der Waals surface area contributed by atoms with Gasteiger partial charge in [0.05, 0.1) is 13.1 Å². The summed E-state index contributed by atoms with van der Waals surface area (Å²) in [5.74, 6) is 0.486. The molecule has 0 aromatic carbocycles. The molecule has 3 nitrogen and oxygen atoms in total. The van der Waals surface area contributed by atoms with Crippen molar-refractivity contribution in [3.8, 4) is 0 Å². The maximum absolute atomic E-state index is 11.5. The van der Waals surface area contributed by atoms with Crippen molar-refractivity contribution in [3.05, 3.63) is 0 Å². The Bertz CT molecular complexity index is 208. The van der Waals surface area contributed by atoms with Crippen LogP contribution in [0.2, 0.25) is 0 Å². The maximum atomic E-state index is 11.5. The minimum atomic E-state index is -0.277. The van der Waals surface area contributed by atoms with Gasteiger partial charge in [-0.2, -0.15) is 0 Å². The first kappa shape index (κ1) is 12.5. The van der Waals surface area contributed by atoms with Gasteiger partial charge in [-0.25, -0.2) is 0 Å². The Morgan fingerprint density at radius 1 is 1.40 bits per heavy atom. The third kappa shape index (κ3) is 3.82. The van der Waals surface area contributed by atoms with Gasteiger partial charge in [0.25, 0.3) is 0 Å². The lowest BCUT2D eigenvalue weighted by atomic mass is 9.83. The van der Waals surface area contributed by atoms with Gasteiger partial charge in [-0.3, -0.25) is 4.79 Å². The van der Waals surface area contributed by atoms with Crippen molar-refractivity contribution in [3.63, 3.8) is 0 Å². The van der Waals surface area contributed by atoms with Crippen LogP contribution in [-0.4, -0.2) is 24.7 Å². The first-order valence-electron chi connectivity index (χ1n) is 6.09. The van der Waals surface area contributed by atoms with Crippen molar-refractivity contribution < 1.29 is 14.8 Å². The summed E-state index contributed by atoms with van der Waals surface area (Å²) < 4.78 is 5.56. The highest BCUT2D eigenvalue weighted by molar-refractivity contribution is 5.69. The topological polar surface area (TPSA) is 42.9 Å². The number of carbonyl (C=O) groups is 1. The first-order chi connectivity index (χ1) is 7.06. The summed E-state index contributed by atoms with van der Waals surface area (Å²) in [6.45, 7) is 8.44. The number of quaternary nitrogens is 1. The summed E-state index contributed by atoms with van der Waals surface area (Å²) in [5.41, 5.74) is -0.277. The Balaban J connectivity index is 2.45. The highest BCUT2D eigenvalue weighted by Gasteiger charge is 2.34. The first-order valence-corrected chi connectivity index (χ1v) is 6.09. The maximum Gasteiger partial charge on any atom is 0.306 e. The number of hydrogen-bond acceptors (Lipinski definition) is 2. The van der Waals surface area contributed by atoms with E-state index in [0.29, 0.717) is 12.3 Å². The van der Waals surface area contributed by atoms with E-state index < -0.39 is 0 Å².